The second kappa shape index (κ2) is 9.14. The highest BCUT2D eigenvalue weighted by atomic mass is 32.1. The van der Waals surface area contributed by atoms with Crippen molar-refractivity contribution in [3.05, 3.63) is 51.4 Å². The molecule has 0 bridgehead atoms. The zero-order chi connectivity index (χ0) is 20.9. The molecule has 0 saturated carbocycles. The number of hydrogen-bond donors (Lipinski definition) is 2. The molecule has 4 heterocycles. The number of nitrogens with one attached hydrogen (secondary N) is 2. The quantitative estimate of drug-likeness (QED) is 0.620. The van der Waals surface area contributed by atoms with Gasteiger partial charge in [-0.2, -0.15) is 0 Å². The zero-order valence-electron chi connectivity index (χ0n) is 16.6. The molecule has 1 saturated heterocycles. The Morgan fingerprint density at radius 3 is 2.83 bits per heavy atom. The lowest BCUT2D eigenvalue weighted by Gasteiger charge is -2.27. The zero-order valence-corrected chi connectivity index (χ0v) is 17.4. The Kier molecular flexibility index (Phi) is 6.15. The van der Waals surface area contributed by atoms with Crippen molar-refractivity contribution in [2.45, 2.75) is 19.8 Å². The van der Waals surface area contributed by atoms with Crippen molar-refractivity contribution in [2.75, 3.05) is 36.5 Å². The summed E-state index contributed by atoms with van der Waals surface area (Å²) in [6.07, 6.45) is 2.17. The van der Waals surface area contributed by atoms with Gasteiger partial charge in [-0.1, -0.05) is 6.07 Å². The Hall–Kier alpha value is -3.11. The Labute approximate surface area is 177 Å². The molecular weight excluding hydrogens is 404 g/mol. The summed E-state index contributed by atoms with van der Waals surface area (Å²) in [5.41, 5.74) is 2.42. The molecule has 1 aliphatic heterocycles. The molecule has 4 rings (SSSR count). The molecule has 156 valence electrons. The van der Waals surface area contributed by atoms with Crippen molar-refractivity contribution in [3.63, 3.8) is 0 Å². The molecule has 0 aromatic carbocycles. The summed E-state index contributed by atoms with van der Waals surface area (Å²) in [7, 11) is 0. The second-order valence-electron chi connectivity index (χ2n) is 6.85. The predicted octanol–water partition coefficient (Wildman–Crippen LogP) is 2.00. The number of pyridine rings is 1. The van der Waals surface area contributed by atoms with Crippen LogP contribution in [0.2, 0.25) is 0 Å². The van der Waals surface area contributed by atoms with Gasteiger partial charge in [0.1, 0.15) is 5.69 Å². The van der Waals surface area contributed by atoms with Gasteiger partial charge in [0.25, 0.3) is 5.56 Å². The van der Waals surface area contributed by atoms with Crippen LogP contribution in [0.3, 0.4) is 0 Å². The van der Waals surface area contributed by atoms with E-state index in [1.807, 2.05) is 28.5 Å². The first kappa shape index (κ1) is 20.2. The van der Waals surface area contributed by atoms with Crippen molar-refractivity contribution in [1.29, 1.82) is 0 Å². The number of ether oxygens (including phenoxy) is 1. The number of aryl methyl sites for hydroxylation is 1. The number of anilines is 2. The number of aromatic nitrogens is 4. The number of carbonyl (C=O) groups excluding carboxylic acids is 1. The van der Waals surface area contributed by atoms with Gasteiger partial charge < -0.3 is 15.0 Å². The number of rotatable bonds is 6. The maximum atomic E-state index is 12.5. The van der Waals surface area contributed by atoms with Crippen LogP contribution < -0.4 is 15.8 Å². The minimum Gasteiger partial charge on any atom is -0.378 e. The summed E-state index contributed by atoms with van der Waals surface area (Å²) in [5, 5.41) is 5.15. The van der Waals surface area contributed by atoms with E-state index in [1.165, 1.54) is 11.3 Å². The number of amides is 1. The van der Waals surface area contributed by atoms with Gasteiger partial charge in [0, 0.05) is 42.3 Å². The van der Waals surface area contributed by atoms with Crippen LogP contribution in [0.4, 0.5) is 11.1 Å². The molecule has 0 unspecified atom stereocenters. The first-order valence-electron chi connectivity index (χ1n) is 9.69. The van der Waals surface area contributed by atoms with Gasteiger partial charge in [0.2, 0.25) is 11.9 Å². The molecule has 0 radical (unpaired) electrons. The topological polar surface area (TPSA) is 113 Å². The Balaban J connectivity index is 1.37. The molecule has 3 aromatic heterocycles. The fourth-order valence-electron chi connectivity index (χ4n) is 3.20. The largest absolute Gasteiger partial charge is 0.378 e. The first-order valence-corrected chi connectivity index (χ1v) is 10.6. The van der Waals surface area contributed by atoms with E-state index in [2.05, 4.69) is 25.3 Å². The standard InChI is InChI=1S/C20H22N6O3S/c1-13-14(18(28)25-19(22-13)26-8-10-29-11-9-26)5-6-17(27)24-20-23-16(12-30-20)15-4-2-3-7-21-15/h2-4,7,12H,5-6,8-11H2,1H3,(H,22,25,28)(H,23,24,27). The van der Waals surface area contributed by atoms with Crippen LogP contribution in [0, 0.1) is 6.92 Å². The predicted molar refractivity (Wildman–Crippen MR) is 115 cm³/mol. The number of nitrogens with zero attached hydrogens (tertiary/aromatic N) is 4. The second-order valence-corrected chi connectivity index (χ2v) is 7.71. The average molecular weight is 427 g/mol. The summed E-state index contributed by atoms with van der Waals surface area (Å²) in [5.74, 6) is 0.354. The van der Waals surface area contributed by atoms with Crippen LogP contribution in [-0.2, 0) is 16.0 Å². The SMILES string of the molecule is Cc1nc(N2CCOCC2)[nH]c(=O)c1CCC(=O)Nc1nc(-c2ccccn2)cs1. The molecule has 9 nitrogen and oxygen atoms in total. The normalized spacial score (nSPS) is 14.0. The van der Waals surface area contributed by atoms with E-state index in [1.54, 1.807) is 13.1 Å². The van der Waals surface area contributed by atoms with Gasteiger partial charge in [-0.15, -0.1) is 11.3 Å². The number of thiazole rings is 1. The molecule has 10 heteroatoms. The molecule has 1 aliphatic rings. The molecule has 1 fully saturated rings. The van der Waals surface area contributed by atoms with Crippen molar-refractivity contribution >= 4 is 28.3 Å². The highest BCUT2D eigenvalue weighted by Gasteiger charge is 2.17. The number of aromatic amines is 1. The van der Waals surface area contributed by atoms with Crippen molar-refractivity contribution in [2.24, 2.45) is 0 Å². The van der Waals surface area contributed by atoms with E-state index >= 15 is 0 Å². The minimum atomic E-state index is -0.205. The molecule has 2 N–H and O–H groups in total. The number of morpholine rings is 1. The van der Waals surface area contributed by atoms with Crippen LogP contribution in [0.1, 0.15) is 17.7 Å². The minimum absolute atomic E-state index is 0.168. The van der Waals surface area contributed by atoms with E-state index < -0.39 is 0 Å². The lowest BCUT2D eigenvalue weighted by Crippen LogP contribution is -2.38. The summed E-state index contributed by atoms with van der Waals surface area (Å²) < 4.78 is 5.33. The highest BCUT2D eigenvalue weighted by molar-refractivity contribution is 7.14. The van der Waals surface area contributed by atoms with E-state index in [-0.39, 0.29) is 17.9 Å². The summed E-state index contributed by atoms with van der Waals surface area (Å²) in [6.45, 7) is 4.41. The smallest absolute Gasteiger partial charge is 0.255 e. The maximum absolute atomic E-state index is 12.5. The molecule has 0 atom stereocenters. The van der Waals surface area contributed by atoms with Crippen molar-refractivity contribution in [3.8, 4) is 11.4 Å². The van der Waals surface area contributed by atoms with Gasteiger partial charge in [0.05, 0.1) is 18.9 Å². The summed E-state index contributed by atoms with van der Waals surface area (Å²) >= 11 is 1.34. The molecule has 1 amide bonds. The molecule has 3 aromatic rings. The summed E-state index contributed by atoms with van der Waals surface area (Å²) in [4.78, 5) is 42.9. The van der Waals surface area contributed by atoms with Gasteiger partial charge in [0.15, 0.2) is 5.13 Å². The van der Waals surface area contributed by atoms with E-state index in [0.717, 1.165) is 5.69 Å². The number of H-pyrrole nitrogens is 1. The number of hydrogen-bond acceptors (Lipinski definition) is 8. The molecular formula is C20H22N6O3S. The third-order valence-electron chi connectivity index (χ3n) is 4.80. The lowest BCUT2D eigenvalue weighted by molar-refractivity contribution is -0.116. The van der Waals surface area contributed by atoms with Crippen LogP contribution in [0.25, 0.3) is 11.4 Å². The van der Waals surface area contributed by atoms with E-state index in [4.69, 9.17) is 4.74 Å². The van der Waals surface area contributed by atoms with Gasteiger partial charge in [-0.25, -0.2) is 9.97 Å². The summed E-state index contributed by atoms with van der Waals surface area (Å²) in [6, 6.07) is 5.59. The van der Waals surface area contributed by atoms with Crippen LogP contribution in [0.15, 0.2) is 34.6 Å². The van der Waals surface area contributed by atoms with Crippen molar-refractivity contribution in [1.82, 2.24) is 19.9 Å². The third kappa shape index (κ3) is 4.71. The molecule has 0 aliphatic carbocycles. The van der Waals surface area contributed by atoms with Gasteiger partial charge in [-0.3, -0.25) is 19.6 Å². The van der Waals surface area contributed by atoms with Crippen LogP contribution >= 0.6 is 11.3 Å². The monoisotopic (exact) mass is 426 g/mol. The van der Waals surface area contributed by atoms with Crippen molar-refractivity contribution < 1.29 is 9.53 Å². The Bertz CT molecular complexity index is 1080. The molecule has 0 spiro atoms. The van der Waals surface area contributed by atoms with Gasteiger partial charge in [-0.05, 0) is 25.5 Å². The fraction of sp³-hybridized carbons (Fsp3) is 0.350. The first-order chi connectivity index (χ1) is 14.6. The fourth-order valence-corrected chi connectivity index (χ4v) is 3.92. The average Bonchev–Trinajstić information content (AvgIpc) is 3.22. The lowest BCUT2D eigenvalue weighted by atomic mass is 10.1. The van der Waals surface area contributed by atoms with E-state index in [0.29, 0.717) is 60.8 Å². The van der Waals surface area contributed by atoms with Crippen LogP contribution in [-0.4, -0.2) is 52.1 Å². The molecule has 30 heavy (non-hydrogen) atoms. The highest BCUT2D eigenvalue weighted by Crippen LogP contribution is 2.23. The van der Waals surface area contributed by atoms with Gasteiger partial charge >= 0.3 is 0 Å². The maximum Gasteiger partial charge on any atom is 0.255 e. The Morgan fingerprint density at radius 1 is 1.27 bits per heavy atom. The van der Waals surface area contributed by atoms with E-state index in [9.17, 15) is 9.59 Å². The van der Waals surface area contributed by atoms with Crippen LogP contribution in [0.5, 0.6) is 0 Å². The Morgan fingerprint density at radius 2 is 2.10 bits per heavy atom. The number of carbonyl (C=O) groups is 1. The third-order valence-corrected chi connectivity index (χ3v) is 5.56.